The van der Waals surface area contributed by atoms with Crippen LogP contribution in [0.5, 0.6) is 0 Å². The number of allylic oxidation sites excluding steroid dienone is 4. The van der Waals surface area contributed by atoms with Crippen molar-refractivity contribution in [2.75, 3.05) is 6.61 Å². The van der Waals surface area contributed by atoms with E-state index in [1.54, 1.807) is 12.2 Å². The van der Waals surface area contributed by atoms with E-state index in [0.717, 1.165) is 22.8 Å². The van der Waals surface area contributed by atoms with Crippen molar-refractivity contribution in [1.82, 2.24) is 9.32 Å². The number of ketones is 2. The first kappa shape index (κ1) is 28.7. The van der Waals surface area contributed by atoms with E-state index in [0.29, 0.717) is 19.3 Å². The van der Waals surface area contributed by atoms with Gasteiger partial charge in [0, 0.05) is 30.7 Å². The summed E-state index contributed by atoms with van der Waals surface area (Å²) in [6.07, 6.45) is 10.9. The molecule has 4 fully saturated rings. The molecule has 10 atom stereocenters. The number of carbonyl (C=O) groups excluding carboxylic acids is 3. The fourth-order valence-electron chi connectivity index (χ4n) is 8.56. The van der Waals surface area contributed by atoms with Gasteiger partial charge in [0.05, 0.1) is 12.2 Å². The molecule has 3 saturated carbocycles. The average molecular weight is 589 g/mol. The van der Waals surface area contributed by atoms with Crippen LogP contribution in [0.4, 0.5) is 0 Å². The van der Waals surface area contributed by atoms with E-state index >= 15 is 0 Å². The van der Waals surface area contributed by atoms with Crippen LogP contribution in [0.1, 0.15) is 59.3 Å². The number of Topliss-reactive ketones (excluding diaryl/α,β-unsaturated/α-hetero) is 1. The van der Waals surface area contributed by atoms with Gasteiger partial charge in [0.15, 0.2) is 24.3 Å². The van der Waals surface area contributed by atoms with Crippen molar-refractivity contribution in [2.24, 2.45) is 29.1 Å². The predicted molar refractivity (Wildman–Crippen MR) is 144 cm³/mol. The molecule has 5 aliphatic rings. The van der Waals surface area contributed by atoms with Gasteiger partial charge >= 0.3 is 13.7 Å². The standard InChI is InChI=1S/C29H37N2O9P/c1-4-5-26-38-25-13-22-21-8-6-18-12-19(33)7-9-20(18)27(21)23(40-41(35,36)31-11-10-30-16-31)14-28(22,3)29(25,39-26)24(34)15-37-17(2)32/h7,9-12,16,20-23,25-27H,4-6,8,13-15H2,1-3H3,(H,35,36). The molecular formula is C29H37N2O9P. The van der Waals surface area contributed by atoms with Crippen molar-refractivity contribution >= 4 is 25.3 Å². The van der Waals surface area contributed by atoms with Gasteiger partial charge in [0.2, 0.25) is 5.78 Å². The van der Waals surface area contributed by atoms with Crippen molar-refractivity contribution < 1.29 is 42.6 Å². The highest BCUT2D eigenvalue weighted by Gasteiger charge is 2.75. The van der Waals surface area contributed by atoms with Gasteiger partial charge in [-0.05, 0) is 62.0 Å². The van der Waals surface area contributed by atoms with Crippen molar-refractivity contribution in [1.29, 1.82) is 0 Å². The zero-order valence-electron chi connectivity index (χ0n) is 23.5. The summed E-state index contributed by atoms with van der Waals surface area (Å²) in [5.41, 5.74) is -1.24. The molecule has 1 aliphatic heterocycles. The van der Waals surface area contributed by atoms with Crippen LogP contribution >= 0.6 is 7.75 Å². The van der Waals surface area contributed by atoms with Gasteiger partial charge in [-0.2, -0.15) is 0 Å². The molecular weight excluding hydrogens is 551 g/mol. The quantitative estimate of drug-likeness (QED) is 0.352. The van der Waals surface area contributed by atoms with Gasteiger partial charge in [-0.25, -0.2) is 13.9 Å². The minimum absolute atomic E-state index is 0.00219. The molecule has 1 aromatic heterocycles. The Morgan fingerprint density at radius 3 is 2.85 bits per heavy atom. The minimum Gasteiger partial charge on any atom is -0.458 e. The van der Waals surface area contributed by atoms with Gasteiger partial charge < -0.3 is 19.1 Å². The number of carbonyl (C=O) groups is 3. The first-order valence-corrected chi connectivity index (χ1v) is 16.0. The third-order valence-electron chi connectivity index (χ3n) is 10.1. The van der Waals surface area contributed by atoms with Crippen molar-refractivity contribution in [3.63, 3.8) is 0 Å². The van der Waals surface area contributed by atoms with E-state index in [1.165, 1.54) is 25.6 Å². The van der Waals surface area contributed by atoms with E-state index in [9.17, 15) is 23.8 Å². The van der Waals surface area contributed by atoms with E-state index in [-0.39, 0.29) is 41.7 Å². The fraction of sp³-hybridized carbons (Fsp3) is 0.655. The van der Waals surface area contributed by atoms with Gasteiger partial charge in [-0.15, -0.1) is 0 Å². The molecule has 6 rings (SSSR count). The van der Waals surface area contributed by atoms with Crippen LogP contribution in [0.15, 0.2) is 42.5 Å². The number of fused-ring (bicyclic) bond motifs is 7. The summed E-state index contributed by atoms with van der Waals surface area (Å²) >= 11 is 0. The Morgan fingerprint density at radius 1 is 1.34 bits per heavy atom. The molecule has 4 aliphatic carbocycles. The van der Waals surface area contributed by atoms with Crippen LogP contribution in [-0.4, -0.2) is 62.5 Å². The summed E-state index contributed by atoms with van der Waals surface area (Å²) in [7, 11) is -4.36. The van der Waals surface area contributed by atoms with Crippen molar-refractivity contribution in [3.8, 4) is 0 Å². The van der Waals surface area contributed by atoms with Crippen LogP contribution in [0.2, 0.25) is 0 Å². The highest BCUT2D eigenvalue weighted by molar-refractivity contribution is 7.51. The smallest absolute Gasteiger partial charge is 0.437 e. The lowest BCUT2D eigenvalue weighted by molar-refractivity contribution is -0.196. The Bertz CT molecular complexity index is 1340. The number of imidazole rings is 1. The van der Waals surface area contributed by atoms with Gasteiger partial charge in [-0.3, -0.25) is 18.9 Å². The number of nitrogens with zero attached hydrogens (tertiary/aromatic N) is 2. The Hall–Kier alpha value is -2.43. The third kappa shape index (κ3) is 4.52. The number of ether oxygens (including phenoxy) is 3. The Balaban J connectivity index is 1.43. The molecule has 0 bridgehead atoms. The van der Waals surface area contributed by atoms with E-state index < -0.39 is 49.8 Å². The number of rotatable bonds is 8. The zero-order valence-corrected chi connectivity index (χ0v) is 24.4. The maximum atomic E-state index is 14.1. The second-order valence-corrected chi connectivity index (χ2v) is 13.9. The molecule has 0 amide bonds. The Kier molecular flexibility index (Phi) is 7.26. The maximum Gasteiger partial charge on any atom is 0.437 e. The molecule has 12 heteroatoms. The van der Waals surface area contributed by atoms with Crippen LogP contribution in [0, 0.1) is 29.1 Å². The zero-order chi connectivity index (χ0) is 29.2. The minimum atomic E-state index is -4.36. The molecule has 41 heavy (non-hydrogen) atoms. The molecule has 11 nitrogen and oxygen atoms in total. The SMILES string of the molecule is CCCC1OC2CC3C4CCC5=CC(=O)C=CC5C4C(OP(=O)(O)n4ccnc4)CC3(C)C2(C(=O)COC(C)=O)O1. The molecule has 10 unspecified atom stereocenters. The molecule has 2 heterocycles. The summed E-state index contributed by atoms with van der Waals surface area (Å²) in [4.78, 5) is 53.0. The van der Waals surface area contributed by atoms with Crippen LogP contribution < -0.4 is 0 Å². The molecule has 0 radical (unpaired) electrons. The third-order valence-corrected chi connectivity index (χ3v) is 11.5. The van der Waals surface area contributed by atoms with Gasteiger partial charge in [-0.1, -0.05) is 31.9 Å². The number of aromatic nitrogens is 2. The summed E-state index contributed by atoms with van der Waals surface area (Å²) < 4.78 is 39.0. The van der Waals surface area contributed by atoms with Crippen molar-refractivity contribution in [3.05, 3.63) is 42.5 Å². The Labute approximate surface area is 238 Å². The summed E-state index contributed by atoms with van der Waals surface area (Å²) in [5, 5.41) is 0. The van der Waals surface area contributed by atoms with E-state index in [1.807, 2.05) is 19.9 Å². The van der Waals surface area contributed by atoms with Crippen LogP contribution in [0.3, 0.4) is 0 Å². The second kappa shape index (κ2) is 10.4. The molecule has 0 spiro atoms. The maximum absolute atomic E-state index is 14.1. The molecule has 222 valence electrons. The highest BCUT2D eigenvalue weighted by atomic mass is 31.2. The summed E-state index contributed by atoms with van der Waals surface area (Å²) in [6.45, 7) is 4.83. The molecule has 1 N–H and O–H groups in total. The highest BCUT2D eigenvalue weighted by Crippen LogP contribution is 2.69. The fourth-order valence-corrected chi connectivity index (χ4v) is 9.65. The first-order chi connectivity index (χ1) is 19.5. The summed E-state index contributed by atoms with van der Waals surface area (Å²) in [6, 6.07) is 0. The lowest BCUT2D eigenvalue weighted by Gasteiger charge is -2.57. The average Bonchev–Trinajstić information content (AvgIpc) is 3.63. The van der Waals surface area contributed by atoms with Crippen molar-refractivity contribution in [2.45, 2.75) is 83.4 Å². The normalized spacial score (nSPS) is 40.5. The number of hydrogen-bond acceptors (Lipinski definition) is 9. The molecule has 0 aromatic carbocycles. The molecule has 1 aromatic rings. The monoisotopic (exact) mass is 588 g/mol. The van der Waals surface area contributed by atoms with Gasteiger partial charge in [0.1, 0.15) is 6.33 Å². The number of esters is 1. The van der Waals surface area contributed by atoms with Crippen LogP contribution in [0.25, 0.3) is 0 Å². The Morgan fingerprint density at radius 2 is 2.15 bits per heavy atom. The first-order valence-electron chi connectivity index (χ1n) is 14.4. The predicted octanol–water partition coefficient (Wildman–Crippen LogP) is 3.77. The summed E-state index contributed by atoms with van der Waals surface area (Å²) in [5.74, 6) is -1.35. The van der Waals surface area contributed by atoms with Gasteiger partial charge in [0.25, 0.3) is 0 Å². The van der Waals surface area contributed by atoms with Crippen LogP contribution in [-0.2, 0) is 37.7 Å². The van der Waals surface area contributed by atoms with E-state index in [4.69, 9.17) is 18.7 Å². The topological polar surface area (TPSA) is 143 Å². The molecule has 1 saturated heterocycles. The van der Waals surface area contributed by atoms with E-state index in [2.05, 4.69) is 4.98 Å². The number of hydrogen-bond donors (Lipinski definition) is 1. The second-order valence-electron chi connectivity index (χ2n) is 12.2. The lowest BCUT2D eigenvalue weighted by atomic mass is 9.49. The lowest BCUT2D eigenvalue weighted by Crippen LogP contribution is -2.63. The largest absolute Gasteiger partial charge is 0.458 e.